The fourth-order valence-corrected chi connectivity index (χ4v) is 2.65. The molecule has 1 aliphatic heterocycles. The van der Waals surface area contributed by atoms with Gasteiger partial charge in [0.05, 0.1) is 0 Å². The topological polar surface area (TPSA) is 28.2 Å². The van der Waals surface area contributed by atoms with Crippen LogP contribution < -0.4 is 5.32 Å². The maximum atomic E-state index is 4.10. The standard InChI is InChI=1S/C16H27N3/c1-13-5-10-18-15(16(2,3)4)12-19(13)11-14-6-8-17-9-7-14/h6-9,13,15,18H,5,10-12H2,1-4H3. The smallest absolute Gasteiger partial charge is 0.0271 e. The molecule has 19 heavy (non-hydrogen) atoms. The first-order chi connectivity index (χ1) is 8.97. The Morgan fingerprint density at radius 3 is 2.63 bits per heavy atom. The van der Waals surface area contributed by atoms with Gasteiger partial charge < -0.3 is 5.32 Å². The van der Waals surface area contributed by atoms with Crippen LogP contribution in [0.2, 0.25) is 0 Å². The molecular formula is C16H27N3. The summed E-state index contributed by atoms with van der Waals surface area (Å²) in [5, 5.41) is 3.71. The quantitative estimate of drug-likeness (QED) is 0.887. The predicted octanol–water partition coefficient (Wildman–Crippen LogP) is 2.68. The third-order valence-corrected chi connectivity index (χ3v) is 4.17. The maximum Gasteiger partial charge on any atom is 0.0271 e. The van der Waals surface area contributed by atoms with Gasteiger partial charge in [-0.15, -0.1) is 0 Å². The van der Waals surface area contributed by atoms with E-state index < -0.39 is 0 Å². The molecule has 0 radical (unpaired) electrons. The summed E-state index contributed by atoms with van der Waals surface area (Å²) in [6, 6.07) is 5.43. The molecule has 0 aromatic carbocycles. The zero-order valence-electron chi connectivity index (χ0n) is 12.7. The summed E-state index contributed by atoms with van der Waals surface area (Å²) in [5.74, 6) is 0. The number of rotatable bonds is 2. The number of nitrogens with one attached hydrogen (secondary N) is 1. The lowest BCUT2D eigenvalue weighted by atomic mass is 9.86. The summed E-state index contributed by atoms with van der Waals surface area (Å²) in [7, 11) is 0. The van der Waals surface area contributed by atoms with Crippen LogP contribution in [0.25, 0.3) is 0 Å². The second-order valence-corrected chi connectivity index (χ2v) is 6.80. The molecule has 1 aromatic rings. The summed E-state index contributed by atoms with van der Waals surface area (Å²) in [6.07, 6.45) is 4.99. The van der Waals surface area contributed by atoms with Crippen LogP contribution in [0.1, 0.15) is 39.7 Å². The van der Waals surface area contributed by atoms with Crippen LogP contribution in [0.15, 0.2) is 24.5 Å². The van der Waals surface area contributed by atoms with Crippen molar-refractivity contribution in [2.75, 3.05) is 13.1 Å². The Kier molecular flexibility index (Phi) is 4.58. The molecular weight excluding hydrogens is 234 g/mol. The molecule has 0 bridgehead atoms. The summed E-state index contributed by atoms with van der Waals surface area (Å²) in [4.78, 5) is 6.70. The van der Waals surface area contributed by atoms with Crippen LogP contribution in [0, 0.1) is 5.41 Å². The first-order valence-corrected chi connectivity index (χ1v) is 7.33. The Balaban J connectivity index is 2.08. The second kappa shape index (κ2) is 6.02. The van der Waals surface area contributed by atoms with Crippen molar-refractivity contribution in [3.8, 4) is 0 Å². The third-order valence-electron chi connectivity index (χ3n) is 4.17. The van der Waals surface area contributed by atoms with E-state index in [4.69, 9.17) is 0 Å². The summed E-state index contributed by atoms with van der Waals surface area (Å²) in [6.45, 7) is 12.6. The van der Waals surface area contributed by atoms with Gasteiger partial charge in [-0.3, -0.25) is 9.88 Å². The molecule has 2 heterocycles. The Morgan fingerprint density at radius 1 is 1.32 bits per heavy atom. The van der Waals surface area contributed by atoms with Gasteiger partial charge >= 0.3 is 0 Å². The van der Waals surface area contributed by atoms with Crippen molar-refractivity contribution in [3.05, 3.63) is 30.1 Å². The van der Waals surface area contributed by atoms with E-state index in [1.54, 1.807) is 0 Å². The van der Waals surface area contributed by atoms with Crippen molar-refractivity contribution >= 4 is 0 Å². The van der Waals surface area contributed by atoms with Gasteiger partial charge in [0, 0.05) is 37.6 Å². The van der Waals surface area contributed by atoms with E-state index >= 15 is 0 Å². The first kappa shape index (κ1) is 14.5. The monoisotopic (exact) mass is 261 g/mol. The molecule has 1 aromatic heterocycles. The van der Waals surface area contributed by atoms with E-state index in [9.17, 15) is 0 Å². The SMILES string of the molecule is CC1CCNC(C(C)(C)C)CN1Cc1ccncc1. The average molecular weight is 261 g/mol. The number of pyridine rings is 1. The average Bonchev–Trinajstić information content (AvgIpc) is 2.53. The predicted molar refractivity (Wildman–Crippen MR) is 80.0 cm³/mol. The summed E-state index contributed by atoms with van der Waals surface area (Å²) < 4.78 is 0. The van der Waals surface area contributed by atoms with E-state index in [2.05, 4.69) is 55.0 Å². The van der Waals surface area contributed by atoms with E-state index in [1.807, 2.05) is 12.4 Å². The largest absolute Gasteiger partial charge is 0.312 e. The zero-order chi connectivity index (χ0) is 13.9. The van der Waals surface area contributed by atoms with Crippen LogP contribution >= 0.6 is 0 Å². The number of hydrogen-bond donors (Lipinski definition) is 1. The molecule has 0 saturated carbocycles. The minimum absolute atomic E-state index is 0.306. The van der Waals surface area contributed by atoms with Crippen molar-refractivity contribution in [2.45, 2.75) is 52.7 Å². The van der Waals surface area contributed by atoms with Crippen molar-refractivity contribution in [1.29, 1.82) is 0 Å². The minimum atomic E-state index is 0.306. The highest BCUT2D eigenvalue weighted by Crippen LogP contribution is 2.24. The van der Waals surface area contributed by atoms with Crippen molar-refractivity contribution in [2.24, 2.45) is 5.41 Å². The van der Waals surface area contributed by atoms with Gasteiger partial charge in [-0.05, 0) is 43.0 Å². The lowest BCUT2D eigenvalue weighted by Gasteiger charge is -2.35. The highest BCUT2D eigenvalue weighted by Gasteiger charge is 2.30. The van der Waals surface area contributed by atoms with Gasteiger partial charge in [-0.25, -0.2) is 0 Å². The van der Waals surface area contributed by atoms with Crippen molar-refractivity contribution in [3.63, 3.8) is 0 Å². The summed E-state index contributed by atoms with van der Waals surface area (Å²) in [5.41, 5.74) is 1.66. The van der Waals surface area contributed by atoms with Gasteiger partial charge in [-0.2, -0.15) is 0 Å². The third kappa shape index (κ3) is 4.02. The van der Waals surface area contributed by atoms with Gasteiger partial charge in [-0.1, -0.05) is 20.8 Å². The second-order valence-electron chi connectivity index (χ2n) is 6.80. The molecule has 0 spiro atoms. The fraction of sp³-hybridized carbons (Fsp3) is 0.688. The van der Waals surface area contributed by atoms with Crippen LogP contribution in [0.5, 0.6) is 0 Å². The van der Waals surface area contributed by atoms with Gasteiger partial charge in [0.2, 0.25) is 0 Å². The number of hydrogen-bond acceptors (Lipinski definition) is 3. The van der Waals surface area contributed by atoms with E-state index in [1.165, 1.54) is 12.0 Å². The first-order valence-electron chi connectivity index (χ1n) is 7.33. The minimum Gasteiger partial charge on any atom is -0.312 e. The Morgan fingerprint density at radius 2 is 2.00 bits per heavy atom. The van der Waals surface area contributed by atoms with Crippen LogP contribution in [0.3, 0.4) is 0 Å². The molecule has 1 saturated heterocycles. The van der Waals surface area contributed by atoms with Crippen molar-refractivity contribution in [1.82, 2.24) is 15.2 Å². The Labute approximate surface area is 117 Å². The van der Waals surface area contributed by atoms with E-state index in [0.29, 0.717) is 17.5 Å². The number of nitrogens with zero attached hydrogens (tertiary/aromatic N) is 2. The molecule has 0 aliphatic carbocycles. The lowest BCUT2D eigenvalue weighted by Crippen LogP contribution is -2.47. The maximum absolute atomic E-state index is 4.10. The highest BCUT2D eigenvalue weighted by atomic mass is 15.2. The molecule has 1 N–H and O–H groups in total. The fourth-order valence-electron chi connectivity index (χ4n) is 2.65. The van der Waals surface area contributed by atoms with E-state index in [-0.39, 0.29) is 0 Å². The molecule has 1 fully saturated rings. The van der Waals surface area contributed by atoms with E-state index in [0.717, 1.165) is 19.6 Å². The molecule has 0 amide bonds. The Hall–Kier alpha value is -0.930. The van der Waals surface area contributed by atoms with Crippen LogP contribution in [0.4, 0.5) is 0 Å². The molecule has 2 rings (SSSR count). The number of aromatic nitrogens is 1. The molecule has 2 atom stereocenters. The van der Waals surface area contributed by atoms with Gasteiger partial charge in [0.15, 0.2) is 0 Å². The molecule has 3 nitrogen and oxygen atoms in total. The Bertz CT molecular complexity index is 383. The lowest BCUT2D eigenvalue weighted by molar-refractivity contribution is 0.157. The zero-order valence-corrected chi connectivity index (χ0v) is 12.7. The molecule has 3 heteroatoms. The van der Waals surface area contributed by atoms with Gasteiger partial charge in [0.1, 0.15) is 0 Å². The van der Waals surface area contributed by atoms with Gasteiger partial charge in [0.25, 0.3) is 0 Å². The molecule has 1 aliphatic rings. The van der Waals surface area contributed by atoms with Crippen molar-refractivity contribution < 1.29 is 0 Å². The molecule has 106 valence electrons. The normalized spacial score (nSPS) is 26.1. The van der Waals surface area contributed by atoms with Crippen LogP contribution in [-0.2, 0) is 6.54 Å². The summed E-state index contributed by atoms with van der Waals surface area (Å²) >= 11 is 0. The molecule has 2 unspecified atom stereocenters. The highest BCUT2D eigenvalue weighted by molar-refractivity contribution is 5.10. The van der Waals surface area contributed by atoms with Crippen LogP contribution in [-0.4, -0.2) is 35.1 Å².